The van der Waals surface area contributed by atoms with Crippen molar-refractivity contribution < 1.29 is 4.79 Å². The lowest BCUT2D eigenvalue weighted by atomic mass is 9.87. The van der Waals surface area contributed by atoms with E-state index in [0.717, 1.165) is 25.0 Å². The molecule has 3 nitrogen and oxygen atoms in total. The van der Waals surface area contributed by atoms with E-state index in [4.69, 9.17) is 0 Å². The first-order valence-electron chi connectivity index (χ1n) is 7.01. The molecule has 3 heteroatoms. The van der Waals surface area contributed by atoms with Gasteiger partial charge in [-0.25, -0.2) is 0 Å². The summed E-state index contributed by atoms with van der Waals surface area (Å²) >= 11 is 0. The molecule has 0 aromatic rings. The van der Waals surface area contributed by atoms with E-state index in [2.05, 4.69) is 10.2 Å². The van der Waals surface area contributed by atoms with Crippen molar-refractivity contribution in [3.63, 3.8) is 0 Å². The van der Waals surface area contributed by atoms with Crippen molar-refractivity contribution in [2.75, 3.05) is 19.6 Å². The molecule has 98 valence electrons. The molecular formula is C14H26N2O. The van der Waals surface area contributed by atoms with Crippen molar-refractivity contribution in [2.45, 2.75) is 52.5 Å². The molecule has 0 bridgehead atoms. The molecule has 2 aliphatic heterocycles. The van der Waals surface area contributed by atoms with E-state index in [9.17, 15) is 4.79 Å². The zero-order valence-corrected chi connectivity index (χ0v) is 11.5. The molecule has 2 saturated heterocycles. The van der Waals surface area contributed by atoms with Crippen molar-refractivity contribution in [2.24, 2.45) is 11.3 Å². The quantitative estimate of drug-likeness (QED) is 0.758. The maximum atomic E-state index is 12.2. The van der Waals surface area contributed by atoms with Crippen molar-refractivity contribution >= 4 is 5.91 Å². The van der Waals surface area contributed by atoms with Gasteiger partial charge in [-0.2, -0.15) is 0 Å². The summed E-state index contributed by atoms with van der Waals surface area (Å²) in [5, 5.41) is 3.60. The van der Waals surface area contributed by atoms with Crippen LogP contribution in [0.25, 0.3) is 0 Å². The Morgan fingerprint density at radius 3 is 2.29 bits per heavy atom. The zero-order valence-electron chi connectivity index (χ0n) is 11.5. The third-order valence-electron chi connectivity index (χ3n) is 4.14. The zero-order chi connectivity index (χ0) is 12.5. The Morgan fingerprint density at radius 1 is 1.18 bits per heavy atom. The van der Waals surface area contributed by atoms with Crippen LogP contribution in [0.2, 0.25) is 0 Å². The molecule has 2 heterocycles. The van der Waals surface area contributed by atoms with Gasteiger partial charge in [0.2, 0.25) is 5.91 Å². The Morgan fingerprint density at radius 2 is 1.82 bits per heavy atom. The van der Waals surface area contributed by atoms with Crippen LogP contribution in [-0.2, 0) is 4.79 Å². The number of hydrogen-bond acceptors (Lipinski definition) is 2. The number of hydrogen-bond donors (Lipinski definition) is 1. The molecule has 2 rings (SSSR count). The van der Waals surface area contributed by atoms with E-state index in [1.165, 1.54) is 32.2 Å². The van der Waals surface area contributed by atoms with Crippen LogP contribution in [0.3, 0.4) is 0 Å². The van der Waals surface area contributed by atoms with Gasteiger partial charge in [-0.1, -0.05) is 20.8 Å². The Balaban J connectivity index is 1.83. The van der Waals surface area contributed by atoms with E-state index in [0.29, 0.717) is 5.91 Å². The first-order valence-corrected chi connectivity index (χ1v) is 7.01. The summed E-state index contributed by atoms with van der Waals surface area (Å²) in [6, 6.07) is 0.724. The molecule has 1 amide bonds. The first kappa shape index (κ1) is 12.9. The average Bonchev–Trinajstić information content (AvgIpc) is 2.80. The fraction of sp³-hybridized carbons (Fsp3) is 0.929. The average molecular weight is 238 g/mol. The van der Waals surface area contributed by atoms with E-state index >= 15 is 0 Å². The summed E-state index contributed by atoms with van der Waals surface area (Å²) in [7, 11) is 0. The SMILES string of the molecule is CC(C)(C)C(=O)N1CCC(C2CCCN2)CC1. The molecule has 1 atom stereocenters. The molecule has 17 heavy (non-hydrogen) atoms. The van der Waals surface area contributed by atoms with Gasteiger partial charge in [-0.3, -0.25) is 4.79 Å². The lowest BCUT2D eigenvalue weighted by Gasteiger charge is -2.37. The highest BCUT2D eigenvalue weighted by atomic mass is 16.2. The van der Waals surface area contributed by atoms with Crippen LogP contribution in [0.1, 0.15) is 46.5 Å². The number of nitrogens with one attached hydrogen (secondary N) is 1. The van der Waals surface area contributed by atoms with E-state index in [1.807, 2.05) is 20.8 Å². The van der Waals surface area contributed by atoms with Gasteiger partial charge < -0.3 is 10.2 Å². The number of rotatable bonds is 1. The smallest absolute Gasteiger partial charge is 0.227 e. The third-order valence-corrected chi connectivity index (χ3v) is 4.14. The second kappa shape index (κ2) is 4.97. The van der Waals surface area contributed by atoms with Crippen LogP contribution < -0.4 is 5.32 Å². The maximum absolute atomic E-state index is 12.2. The fourth-order valence-electron chi connectivity index (χ4n) is 3.09. The monoisotopic (exact) mass is 238 g/mol. The molecule has 0 aromatic carbocycles. The van der Waals surface area contributed by atoms with Gasteiger partial charge in [0.15, 0.2) is 0 Å². The standard InChI is InChI=1S/C14H26N2O/c1-14(2,3)13(17)16-9-6-11(7-10-16)12-5-4-8-15-12/h11-12,15H,4-10H2,1-3H3. The minimum absolute atomic E-state index is 0.224. The highest BCUT2D eigenvalue weighted by molar-refractivity contribution is 5.81. The molecule has 0 saturated carbocycles. The summed E-state index contributed by atoms with van der Waals surface area (Å²) in [6.07, 6.45) is 5.02. The highest BCUT2D eigenvalue weighted by Crippen LogP contribution is 2.28. The fourth-order valence-corrected chi connectivity index (χ4v) is 3.09. The van der Waals surface area contributed by atoms with Gasteiger partial charge in [0.25, 0.3) is 0 Å². The molecule has 1 unspecified atom stereocenters. The van der Waals surface area contributed by atoms with E-state index in [1.54, 1.807) is 0 Å². The van der Waals surface area contributed by atoms with Crippen LogP contribution in [0.15, 0.2) is 0 Å². The number of likely N-dealkylation sites (tertiary alicyclic amines) is 1. The molecule has 1 N–H and O–H groups in total. The Hall–Kier alpha value is -0.570. The van der Waals surface area contributed by atoms with Crippen molar-refractivity contribution in [3.8, 4) is 0 Å². The molecular weight excluding hydrogens is 212 g/mol. The van der Waals surface area contributed by atoms with Gasteiger partial charge in [0.1, 0.15) is 0 Å². The van der Waals surface area contributed by atoms with Crippen LogP contribution in [0, 0.1) is 11.3 Å². The van der Waals surface area contributed by atoms with E-state index < -0.39 is 0 Å². The van der Waals surface area contributed by atoms with Crippen LogP contribution in [0.5, 0.6) is 0 Å². The normalized spacial score (nSPS) is 27.5. The summed E-state index contributed by atoms with van der Waals surface area (Å²) < 4.78 is 0. The Bertz CT molecular complexity index is 268. The number of nitrogens with zero attached hydrogens (tertiary/aromatic N) is 1. The molecule has 0 spiro atoms. The predicted molar refractivity (Wildman–Crippen MR) is 69.8 cm³/mol. The molecule has 0 aliphatic carbocycles. The second-order valence-electron chi connectivity index (χ2n) is 6.58. The lowest BCUT2D eigenvalue weighted by molar-refractivity contribution is -0.141. The van der Waals surface area contributed by atoms with Crippen molar-refractivity contribution in [1.29, 1.82) is 0 Å². The van der Waals surface area contributed by atoms with Gasteiger partial charge in [0, 0.05) is 24.5 Å². The Kier molecular flexibility index (Phi) is 3.76. The number of piperidine rings is 1. The van der Waals surface area contributed by atoms with Gasteiger partial charge in [-0.15, -0.1) is 0 Å². The van der Waals surface area contributed by atoms with Gasteiger partial charge >= 0.3 is 0 Å². The van der Waals surface area contributed by atoms with Gasteiger partial charge in [0.05, 0.1) is 0 Å². The largest absolute Gasteiger partial charge is 0.342 e. The molecule has 0 radical (unpaired) electrons. The summed E-state index contributed by atoms with van der Waals surface area (Å²) in [5.41, 5.74) is -0.224. The lowest BCUT2D eigenvalue weighted by Crippen LogP contribution is -2.46. The molecule has 2 aliphatic rings. The maximum Gasteiger partial charge on any atom is 0.227 e. The molecule has 0 aromatic heterocycles. The molecule has 2 fully saturated rings. The number of amides is 1. The number of carbonyl (C=O) groups is 1. The van der Waals surface area contributed by atoms with E-state index in [-0.39, 0.29) is 5.41 Å². The van der Waals surface area contributed by atoms with Crippen LogP contribution in [0.4, 0.5) is 0 Å². The summed E-state index contributed by atoms with van der Waals surface area (Å²) in [6.45, 7) is 9.14. The van der Waals surface area contributed by atoms with Crippen molar-refractivity contribution in [3.05, 3.63) is 0 Å². The van der Waals surface area contributed by atoms with Crippen LogP contribution >= 0.6 is 0 Å². The second-order valence-corrected chi connectivity index (χ2v) is 6.58. The topological polar surface area (TPSA) is 32.3 Å². The van der Waals surface area contributed by atoms with Crippen molar-refractivity contribution in [1.82, 2.24) is 10.2 Å². The summed E-state index contributed by atoms with van der Waals surface area (Å²) in [4.78, 5) is 14.2. The third kappa shape index (κ3) is 3.01. The highest BCUT2D eigenvalue weighted by Gasteiger charge is 2.33. The minimum Gasteiger partial charge on any atom is -0.342 e. The first-order chi connectivity index (χ1) is 7.98. The predicted octanol–water partition coefficient (Wildman–Crippen LogP) is 2.02. The van der Waals surface area contributed by atoms with Gasteiger partial charge in [-0.05, 0) is 38.1 Å². The Labute approximate surface area is 105 Å². The minimum atomic E-state index is -0.224. The van der Waals surface area contributed by atoms with Crippen LogP contribution in [-0.4, -0.2) is 36.5 Å². The summed E-state index contributed by atoms with van der Waals surface area (Å²) in [5.74, 6) is 1.11. The number of carbonyl (C=O) groups excluding carboxylic acids is 1.